The van der Waals surface area contributed by atoms with E-state index in [1.807, 2.05) is 19.3 Å². The summed E-state index contributed by atoms with van der Waals surface area (Å²) in [7, 11) is 0. The lowest BCUT2D eigenvalue weighted by Gasteiger charge is -2.53. The fraction of sp³-hybridized carbons (Fsp3) is 0.542. The quantitative estimate of drug-likeness (QED) is 0.483. The van der Waals surface area contributed by atoms with Crippen LogP contribution in [0.4, 0.5) is 26.3 Å². The third-order valence-electron chi connectivity index (χ3n) is 5.77. The van der Waals surface area contributed by atoms with E-state index in [1.165, 1.54) is 5.56 Å². The van der Waals surface area contributed by atoms with Crippen molar-refractivity contribution in [2.24, 2.45) is 5.92 Å². The zero-order valence-corrected chi connectivity index (χ0v) is 21.3. The molecule has 2 aliphatic rings. The number of alkyl halides is 6. The van der Waals surface area contributed by atoms with Gasteiger partial charge in [-0.3, -0.25) is 14.9 Å². The number of hydrogen-bond donors (Lipinski definition) is 2. The highest BCUT2D eigenvalue weighted by molar-refractivity contribution is 5.73. The lowest BCUT2D eigenvalue weighted by molar-refractivity contribution is -0.193. The molecule has 1 atom stereocenters. The highest BCUT2D eigenvalue weighted by Crippen LogP contribution is 2.38. The average Bonchev–Trinajstić information content (AvgIpc) is 2.84. The maximum atomic E-state index is 10.6. The average molecular weight is 582 g/mol. The molecule has 0 bridgehead atoms. The minimum atomic E-state index is -5.08. The van der Waals surface area contributed by atoms with Crippen molar-refractivity contribution in [2.45, 2.75) is 50.7 Å². The number of aromatic nitrogens is 3. The van der Waals surface area contributed by atoms with Gasteiger partial charge in [-0.1, -0.05) is 0 Å². The van der Waals surface area contributed by atoms with Gasteiger partial charge in [-0.2, -0.15) is 26.3 Å². The van der Waals surface area contributed by atoms with E-state index in [-0.39, 0.29) is 5.60 Å². The number of aliphatic carboxylic acids is 2. The minimum absolute atomic E-state index is 0.0547. The van der Waals surface area contributed by atoms with Crippen molar-refractivity contribution in [1.29, 1.82) is 0 Å². The van der Waals surface area contributed by atoms with Crippen LogP contribution in [0, 0.1) is 12.8 Å². The number of likely N-dealkylation sites (tertiary alicyclic amines) is 1. The Hall–Kier alpha value is -3.53. The molecule has 2 aromatic rings. The molecule has 2 saturated heterocycles. The van der Waals surface area contributed by atoms with Crippen LogP contribution in [-0.4, -0.2) is 86.3 Å². The van der Waals surface area contributed by atoms with Gasteiger partial charge in [-0.05, 0) is 49.8 Å². The summed E-state index contributed by atoms with van der Waals surface area (Å²) in [6, 6.07) is 4.17. The number of aryl methyl sites for hydroxylation is 1. The van der Waals surface area contributed by atoms with Gasteiger partial charge in [0.1, 0.15) is 0 Å². The number of carboxylic acids is 2. The van der Waals surface area contributed by atoms with E-state index in [0.29, 0.717) is 18.4 Å². The van der Waals surface area contributed by atoms with E-state index < -0.39 is 24.3 Å². The first kappa shape index (κ1) is 32.7. The number of nitrogens with zero attached hydrogens (tertiary/aromatic N) is 4. The third kappa shape index (κ3) is 11.3. The summed E-state index contributed by atoms with van der Waals surface area (Å²) in [6.07, 6.45) is 0.265. The second-order valence-electron chi connectivity index (χ2n) is 9.13. The number of carbonyl (C=O) groups is 2. The Labute approximate surface area is 225 Å². The Morgan fingerprint density at radius 3 is 2.15 bits per heavy atom. The van der Waals surface area contributed by atoms with Crippen LogP contribution >= 0.6 is 0 Å². The molecule has 1 spiro atoms. The molecule has 2 aromatic heterocycles. The molecule has 0 saturated carbocycles. The van der Waals surface area contributed by atoms with Crippen LogP contribution in [0.3, 0.4) is 0 Å². The third-order valence-corrected chi connectivity index (χ3v) is 5.77. The summed E-state index contributed by atoms with van der Waals surface area (Å²) in [4.78, 5) is 32.8. The van der Waals surface area contributed by atoms with E-state index in [2.05, 4.69) is 32.0 Å². The van der Waals surface area contributed by atoms with Gasteiger partial charge in [0.2, 0.25) is 5.88 Å². The number of carboxylic acid groups (broad SMARTS) is 2. The number of pyridine rings is 1. The Kier molecular flexibility index (Phi) is 11.6. The first-order chi connectivity index (χ1) is 18.6. The van der Waals surface area contributed by atoms with Crippen molar-refractivity contribution in [3.63, 3.8) is 0 Å². The van der Waals surface area contributed by atoms with Crippen molar-refractivity contribution < 1.29 is 55.6 Å². The summed E-state index contributed by atoms with van der Waals surface area (Å²) in [5.41, 5.74) is 2.25. The zero-order valence-electron chi connectivity index (χ0n) is 21.3. The molecule has 16 heteroatoms. The van der Waals surface area contributed by atoms with Crippen LogP contribution in [0.15, 0.2) is 36.9 Å². The van der Waals surface area contributed by atoms with E-state index in [9.17, 15) is 26.3 Å². The van der Waals surface area contributed by atoms with E-state index in [1.54, 1.807) is 12.4 Å². The first-order valence-electron chi connectivity index (χ1n) is 11.9. The molecular formula is C24H28F6N4O6. The highest BCUT2D eigenvalue weighted by atomic mass is 19.4. The van der Waals surface area contributed by atoms with Crippen molar-refractivity contribution in [3.05, 3.63) is 48.2 Å². The predicted molar refractivity (Wildman–Crippen MR) is 125 cm³/mol. The second-order valence-corrected chi connectivity index (χ2v) is 9.13. The van der Waals surface area contributed by atoms with Gasteiger partial charge < -0.3 is 19.7 Å². The predicted octanol–water partition coefficient (Wildman–Crippen LogP) is 3.90. The van der Waals surface area contributed by atoms with Crippen molar-refractivity contribution in [1.82, 2.24) is 19.9 Å². The minimum Gasteiger partial charge on any atom is -0.477 e. The van der Waals surface area contributed by atoms with Crippen LogP contribution in [-0.2, 0) is 20.9 Å². The summed E-state index contributed by atoms with van der Waals surface area (Å²) >= 11 is 0. The topological polar surface area (TPSA) is 135 Å². The van der Waals surface area contributed by atoms with Gasteiger partial charge in [0.15, 0.2) is 0 Å². The number of hydrogen-bond acceptors (Lipinski definition) is 8. The largest absolute Gasteiger partial charge is 0.490 e. The van der Waals surface area contributed by atoms with Crippen LogP contribution < -0.4 is 4.74 Å². The van der Waals surface area contributed by atoms with Crippen LogP contribution in [0.25, 0.3) is 0 Å². The molecule has 222 valence electrons. The SMILES string of the molecule is Cc1cncc(OCCC2CCOC3(C2)CN(Cc2ccncc2)C3)n1.O=C(O)C(F)(F)F.O=C(O)C(F)(F)F. The van der Waals surface area contributed by atoms with Crippen LogP contribution in [0.2, 0.25) is 0 Å². The Bertz CT molecular complexity index is 1070. The monoisotopic (exact) mass is 582 g/mol. The van der Waals surface area contributed by atoms with Gasteiger partial charge in [-0.25, -0.2) is 14.6 Å². The Balaban J connectivity index is 0.000000333. The molecule has 0 radical (unpaired) electrons. The molecular weight excluding hydrogens is 554 g/mol. The summed E-state index contributed by atoms with van der Waals surface area (Å²) in [5, 5.41) is 14.2. The molecule has 10 nitrogen and oxygen atoms in total. The lowest BCUT2D eigenvalue weighted by atomic mass is 9.79. The van der Waals surface area contributed by atoms with Gasteiger partial charge >= 0.3 is 24.3 Å². The molecule has 2 aliphatic heterocycles. The molecule has 1 unspecified atom stereocenters. The summed E-state index contributed by atoms with van der Waals surface area (Å²) < 4.78 is 75.4. The molecule has 2 fully saturated rings. The van der Waals surface area contributed by atoms with Crippen LogP contribution in [0.5, 0.6) is 5.88 Å². The van der Waals surface area contributed by atoms with Gasteiger partial charge in [0, 0.05) is 44.8 Å². The van der Waals surface area contributed by atoms with E-state index in [4.69, 9.17) is 29.3 Å². The summed E-state index contributed by atoms with van der Waals surface area (Å²) in [5.74, 6) is -4.23. The first-order valence-corrected chi connectivity index (χ1v) is 11.9. The number of halogens is 6. The highest BCUT2D eigenvalue weighted by Gasteiger charge is 2.47. The fourth-order valence-electron chi connectivity index (χ4n) is 4.06. The fourth-order valence-corrected chi connectivity index (χ4v) is 4.06. The number of rotatable bonds is 6. The van der Waals surface area contributed by atoms with Crippen molar-refractivity contribution in [3.8, 4) is 5.88 Å². The maximum absolute atomic E-state index is 10.6. The molecule has 0 aromatic carbocycles. The van der Waals surface area contributed by atoms with Crippen molar-refractivity contribution in [2.75, 3.05) is 26.3 Å². The molecule has 4 heterocycles. The summed E-state index contributed by atoms with van der Waals surface area (Å²) in [6.45, 7) is 6.51. The molecule has 40 heavy (non-hydrogen) atoms. The smallest absolute Gasteiger partial charge is 0.477 e. The van der Waals surface area contributed by atoms with Gasteiger partial charge in [-0.15, -0.1) is 0 Å². The van der Waals surface area contributed by atoms with Gasteiger partial charge in [0.05, 0.1) is 24.1 Å². The zero-order chi connectivity index (χ0) is 30.0. The second kappa shape index (κ2) is 14.2. The van der Waals surface area contributed by atoms with Gasteiger partial charge in [0.25, 0.3) is 0 Å². The lowest BCUT2D eigenvalue weighted by Crippen LogP contribution is -2.64. The molecule has 4 rings (SSSR count). The molecule has 2 N–H and O–H groups in total. The Morgan fingerprint density at radius 2 is 1.62 bits per heavy atom. The van der Waals surface area contributed by atoms with E-state index >= 15 is 0 Å². The maximum Gasteiger partial charge on any atom is 0.490 e. The van der Waals surface area contributed by atoms with Crippen molar-refractivity contribution >= 4 is 11.9 Å². The number of ether oxygens (including phenoxy) is 2. The van der Waals surface area contributed by atoms with Crippen LogP contribution in [0.1, 0.15) is 30.5 Å². The molecule has 0 amide bonds. The normalized spacial score (nSPS) is 18.3. The standard InChI is InChI=1S/C20H26N4O2.2C2HF3O2/c1-16-11-22-12-19(23-16)25-8-4-17-5-9-26-20(10-17)14-24(15-20)13-18-2-6-21-7-3-18;2*3-2(4,5)1(6)7/h2-3,6-7,11-12,17H,4-5,8-10,13-15H2,1H3;2*(H,6,7). The van der Waals surface area contributed by atoms with E-state index in [0.717, 1.165) is 51.2 Å². The Morgan fingerprint density at radius 1 is 1.05 bits per heavy atom. The molecule has 0 aliphatic carbocycles.